The Morgan fingerprint density at radius 1 is 1.63 bits per heavy atom. The summed E-state index contributed by atoms with van der Waals surface area (Å²) in [6.45, 7) is 3.66. The minimum atomic E-state index is -0.692. The first-order valence-corrected chi connectivity index (χ1v) is 6.95. The fourth-order valence-corrected chi connectivity index (χ4v) is 2.16. The van der Waals surface area contributed by atoms with Gasteiger partial charge in [-0.15, -0.1) is 0 Å². The van der Waals surface area contributed by atoms with Crippen molar-refractivity contribution in [1.82, 2.24) is 10.3 Å². The predicted molar refractivity (Wildman–Crippen MR) is 74.4 cm³/mol. The summed E-state index contributed by atoms with van der Waals surface area (Å²) >= 11 is 3.10. The maximum atomic E-state index is 12.9. The van der Waals surface area contributed by atoms with E-state index in [0.29, 0.717) is 10.9 Å². The molecule has 0 radical (unpaired) electrons. The lowest BCUT2D eigenvalue weighted by Gasteiger charge is -2.28. The number of halogens is 2. The van der Waals surface area contributed by atoms with E-state index in [4.69, 9.17) is 0 Å². The third-order valence-electron chi connectivity index (χ3n) is 2.87. The second-order valence-corrected chi connectivity index (χ2v) is 5.61. The quantitative estimate of drug-likeness (QED) is 0.841. The smallest absolute Gasteiger partial charge is 0.271 e. The summed E-state index contributed by atoms with van der Waals surface area (Å²) in [7, 11) is 0. The largest absolute Gasteiger partial charge is 0.394 e. The lowest BCUT2D eigenvalue weighted by atomic mass is 9.95. The Labute approximate surface area is 120 Å². The van der Waals surface area contributed by atoms with Gasteiger partial charge in [0.15, 0.2) is 0 Å². The van der Waals surface area contributed by atoms with Gasteiger partial charge in [0.1, 0.15) is 11.5 Å². The Morgan fingerprint density at radius 3 is 2.84 bits per heavy atom. The van der Waals surface area contributed by atoms with Crippen molar-refractivity contribution in [3.05, 3.63) is 28.2 Å². The van der Waals surface area contributed by atoms with Crippen molar-refractivity contribution in [2.45, 2.75) is 38.6 Å². The van der Waals surface area contributed by atoms with E-state index in [2.05, 4.69) is 26.2 Å². The highest BCUT2D eigenvalue weighted by Gasteiger charge is 2.26. The second kappa shape index (κ2) is 6.96. The van der Waals surface area contributed by atoms with E-state index in [1.165, 1.54) is 6.07 Å². The van der Waals surface area contributed by atoms with Gasteiger partial charge in [-0.1, -0.05) is 19.8 Å². The Morgan fingerprint density at radius 2 is 2.32 bits per heavy atom. The van der Waals surface area contributed by atoms with Crippen LogP contribution in [0, 0.1) is 5.82 Å². The minimum Gasteiger partial charge on any atom is -0.394 e. The number of amides is 1. The molecule has 0 fully saturated rings. The molecule has 0 bridgehead atoms. The van der Waals surface area contributed by atoms with Crippen molar-refractivity contribution in [3.8, 4) is 0 Å². The number of carbonyl (C=O) groups excluding carboxylic acids is 1. The van der Waals surface area contributed by atoms with E-state index in [1.54, 1.807) is 6.92 Å². The van der Waals surface area contributed by atoms with Crippen LogP contribution in [0.15, 0.2) is 16.7 Å². The van der Waals surface area contributed by atoms with Crippen molar-refractivity contribution < 1.29 is 14.3 Å². The molecule has 0 aromatic carbocycles. The summed E-state index contributed by atoms with van der Waals surface area (Å²) in [5.41, 5.74) is -0.583. The number of aliphatic hydroxyl groups excluding tert-OH is 1. The number of nitrogens with one attached hydrogen (secondary N) is 1. The predicted octanol–water partition coefficient (Wildman–Crippen LogP) is 2.65. The summed E-state index contributed by atoms with van der Waals surface area (Å²) in [6.07, 6.45) is 3.53. The summed E-state index contributed by atoms with van der Waals surface area (Å²) < 4.78 is 13.2. The molecule has 19 heavy (non-hydrogen) atoms. The number of pyridine rings is 1. The van der Waals surface area contributed by atoms with Gasteiger partial charge in [-0.05, 0) is 35.3 Å². The van der Waals surface area contributed by atoms with Crippen molar-refractivity contribution in [3.63, 3.8) is 0 Å². The third-order valence-corrected chi connectivity index (χ3v) is 3.47. The van der Waals surface area contributed by atoms with Crippen LogP contribution >= 0.6 is 15.9 Å². The van der Waals surface area contributed by atoms with Crippen LogP contribution < -0.4 is 5.32 Å². The Hall–Kier alpha value is -1.01. The Bertz CT molecular complexity index is 456. The molecule has 1 unspecified atom stereocenters. The highest BCUT2D eigenvalue weighted by Crippen LogP contribution is 2.18. The number of nitrogens with zero attached hydrogens (tertiary/aromatic N) is 1. The fourth-order valence-electron chi connectivity index (χ4n) is 1.66. The first kappa shape index (κ1) is 16.0. The molecule has 1 heterocycles. The maximum absolute atomic E-state index is 12.9. The number of aliphatic hydroxyl groups is 1. The molecular formula is C13H18BrFN2O2. The lowest BCUT2D eigenvalue weighted by Crippen LogP contribution is -2.49. The first-order valence-electron chi connectivity index (χ1n) is 6.16. The number of aromatic nitrogens is 1. The molecule has 4 nitrogen and oxygen atoms in total. The topological polar surface area (TPSA) is 62.2 Å². The van der Waals surface area contributed by atoms with Crippen molar-refractivity contribution >= 4 is 21.8 Å². The molecule has 106 valence electrons. The molecule has 0 saturated carbocycles. The summed E-state index contributed by atoms with van der Waals surface area (Å²) in [6, 6.07) is 1.18. The van der Waals surface area contributed by atoms with Crippen LogP contribution in [-0.4, -0.2) is 28.1 Å². The van der Waals surface area contributed by atoms with E-state index in [-0.39, 0.29) is 12.3 Å². The monoisotopic (exact) mass is 332 g/mol. The molecule has 6 heteroatoms. The molecular weight excluding hydrogens is 315 g/mol. The molecule has 1 rings (SSSR count). The zero-order valence-electron chi connectivity index (χ0n) is 11.0. The molecule has 1 aromatic rings. The zero-order chi connectivity index (χ0) is 14.5. The maximum Gasteiger partial charge on any atom is 0.271 e. The van der Waals surface area contributed by atoms with Crippen molar-refractivity contribution in [2.75, 3.05) is 6.61 Å². The molecule has 0 aliphatic heterocycles. The number of unbranched alkanes of at least 4 members (excludes halogenated alkanes) is 1. The van der Waals surface area contributed by atoms with Gasteiger partial charge in [-0.25, -0.2) is 9.37 Å². The summed E-state index contributed by atoms with van der Waals surface area (Å²) in [5.74, 6) is -0.946. The van der Waals surface area contributed by atoms with Gasteiger partial charge in [-0.2, -0.15) is 0 Å². The number of rotatable bonds is 6. The van der Waals surface area contributed by atoms with Gasteiger partial charge in [0.2, 0.25) is 0 Å². The van der Waals surface area contributed by atoms with E-state index >= 15 is 0 Å². The Balaban J connectivity index is 2.82. The normalized spacial score (nSPS) is 13.9. The molecule has 1 amide bonds. The van der Waals surface area contributed by atoms with Crippen molar-refractivity contribution in [1.29, 1.82) is 0 Å². The highest BCUT2D eigenvalue weighted by atomic mass is 79.9. The van der Waals surface area contributed by atoms with E-state index in [0.717, 1.165) is 19.0 Å². The van der Waals surface area contributed by atoms with Gasteiger partial charge in [0, 0.05) is 0 Å². The van der Waals surface area contributed by atoms with Crippen LogP contribution in [0.1, 0.15) is 43.6 Å². The third kappa shape index (κ3) is 4.54. The van der Waals surface area contributed by atoms with Gasteiger partial charge in [0.25, 0.3) is 5.91 Å². The van der Waals surface area contributed by atoms with Gasteiger partial charge < -0.3 is 10.4 Å². The standard InChI is InChI=1S/C13H18BrFN2O2/c1-3-4-5-13(2,8-18)17-12(19)11-10(14)6-9(15)7-16-11/h6-7,18H,3-5,8H2,1-2H3,(H,17,19). The summed E-state index contributed by atoms with van der Waals surface area (Å²) in [5, 5.41) is 12.2. The molecule has 0 aliphatic rings. The second-order valence-electron chi connectivity index (χ2n) is 4.76. The lowest BCUT2D eigenvalue weighted by molar-refractivity contribution is 0.0833. The van der Waals surface area contributed by atoms with Crippen LogP contribution in [0.5, 0.6) is 0 Å². The average Bonchev–Trinajstić information content (AvgIpc) is 2.36. The highest BCUT2D eigenvalue weighted by molar-refractivity contribution is 9.10. The zero-order valence-corrected chi connectivity index (χ0v) is 12.6. The fraction of sp³-hybridized carbons (Fsp3) is 0.538. The van der Waals surface area contributed by atoms with Crippen LogP contribution in [0.3, 0.4) is 0 Å². The molecule has 0 spiro atoms. The van der Waals surface area contributed by atoms with Gasteiger partial charge in [-0.3, -0.25) is 4.79 Å². The van der Waals surface area contributed by atoms with E-state index in [1.807, 2.05) is 6.92 Å². The number of carbonyl (C=O) groups is 1. The summed E-state index contributed by atoms with van der Waals surface area (Å²) in [4.78, 5) is 15.8. The minimum absolute atomic E-state index is 0.109. The van der Waals surface area contributed by atoms with E-state index in [9.17, 15) is 14.3 Å². The molecule has 0 aliphatic carbocycles. The van der Waals surface area contributed by atoms with Crippen molar-refractivity contribution in [2.24, 2.45) is 0 Å². The van der Waals surface area contributed by atoms with Crippen LogP contribution in [-0.2, 0) is 0 Å². The Kier molecular flexibility index (Phi) is 5.87. The average molecular weight is 333 g/mol. The van der Waals surface area contributed by atoms with Gasteiger partial charge >= 0.3 is 0 Å². The SMILES string of the molecule is CCCCC(C)(CO)NC(=O)c1ncc(F)cc1Br. The number of hydrogen-bond donors (Lipinski definition) is 2. The first-order chi connectivity index (χ1) is 8.91. The molecule has 2 N–H and O–H groups in total. The molecule has 1 atom stereocenters. The van der Waals surface area contributed by atoms with E-state index < -0.39 is 17.3 Å². The molecule has 1 aromatic heterocycles. The molecule has 0 saturated heterocycles. The van der Waals surface area contributed by atoms with Crippen LogP contribution in [0.25, 0.3) is 0 Å². The van der Waals surface area contributed by atoms with Crippen LogP contribution in [0.2, 0.25) is 0 Å². The van der Waals surface area contributed by atoms with Crippen LogP contribution in [0.4, 0.5) is 4.39 Å². The van der Waals surface area contributed by atoms with Gasteiger partial charge in [0.05, 0.1) is 22.8 Å². The number of hydrogen-bond acceptors (Lipinski definition) is 3.